The Bertz CT molecular complexity index is 446. The number of carbonyl (C=O) groups is 2. The van der Waals surface area contributed by atoms with Crippen LogP contribution in [0.1, 0.15) is 0 Å². The van der Waals surface area contributed by atoms with Crippen LogP contribution in [0.2, 0.25) is 0 Å². The van der Waals surface area contributed by atoms with Gasteiger partial charge in [0.15, 0.2) is 9.84 Å². The van der Waals surface area contributed by atoms with Gasteiger partial charge in [0.1, 0.15) is 0 Å². The van der Waals surface area contributed by atoms with Crippen molar-refractivity contribution in [1.82, 2.24) is 0 Å². The number of hydrogen-bond donors (Lipinski definition) is 4. The van der Waals surface area contributed by atoms with Gasteiger partial charge < -0.3 is 21.7 Å². The lowest BCUT2D eigenvalue weighted by molar-refractivity contribution is -0.193. The fraction of sp³-hybridized carbons (Fsp3) is 0.750. The topological polar surface area (TPSA) is 161 Å². The molecule has 23 heavy (non-hydrogen) atoms. The average molecular weight is 380 g/mol. The van der Waals surface area contributed by atoms with Gasteiger partial charge in [0.05, 0.1) is 5.25 Å². The van der Waals surface area contributed by atoms with Crippen molar-refractivity contribution in [3.63, 3.8) is 0 Å². The number of halogens is 6. The van der Waals surface area contributed by atoms with Gasteiger partial charge in [-0.2, -0.15) is 26.3 Å². The van der Waals surface area contributed by atoms with Gasteiger partial charge >= 0.3 is 24.3 Å². The van der Waals surface area contributed by atoms with Gasteiger partial charge in [0.2, 0.25) is 0 Å². The number of carboxylic acids is 2. The van der Waals surface area contributed by atoms with E-state index in [0.29, 0.717) is 0 Å². The number of rotatable bonds is 3. The first-order valence-electron chi connectivity index (χ1n) is 5.10. The molecule has 0 aromatic heterocycles. The van der Waals surface area contributed by atoms with Crippen molar-refractivity contribution in [2.24, 2.45) is 11.5 Å². The molecule has 0 fully saturated rings. The fourth-order valence-corrected chi connectivity index (χ4v) is 1.14. The van der Waals surface area contributed by atoms with Crippen LogP contribution in [0, 0.1) is 0 Å². The summed E-state index contributed by atoms with van der Waals surface area (Å²) in [6, 6.07) is 0. The molecule has 0 heterocycles. The summed E-state index contributed by atoms with van der Waals surface area (Å²) in [7, 11) is -3.02. The number of sulfone groups is 1. The van der Waals surface area contributed by atoms with Crippen LogP contribution in [0.4, 0.5) is 26.3 Å². The third kappa shape index (κ3) is 16.6. The SMILES string of the molecule is CS(=O)(=O)C(CN)CN.O=C(O)C(F)(F)F.O=C(O)C(F)(F)F. The molecule has 0 amide bonds. The summed E-state index contributed by atoms with van der Waals surface area (Å²) < 4.78 is 84.7. The van der Waals surface area contributed by atoms with E-state index in [1.807, 2.05) is 0 Å². The highest BCUT2D eigenvalue weighted by molar-refractivity contribution is 7.91. The standard InChI is InChI=1S/C4H12N2O2S.2C2HF3O2/c1-9(7,8)4(2-5)3-6;2*3-2(4,5)1(6)7/h4H,2-3,5-6H2,1H3;2*(H,6,7). The molecule has 0 spiro atoms. The molecule has 0 aliphatic carbocycles. The molecule has 0 aromatic rings. The zero-order valence-corrected chi connectivity index (χ0v) is 12.2. The molecule has 0 aliphatic rings. The largest absolute Gasteiger partial charge is 0.490 e. The maximum absolute atomic E-state index is 10.6. The van der Waals surface area contributed by atoms with Gasteiger partial charge in [-0.3, -0.25) is 0 Å². The molecule has 0 saturated heterocycles. The smallest absolute Gasteiger partial charge is 0.475 e. The summed E-state index contributed by atoms with van der Waals surface area (Å²) in [6.45, 7) is 0.213. The second-order valence-electron chi connectivity index (χ2n) is 3.53. The molecule has 0 unspecified atom stereocenters. The van der Waals surface area contributed by atoms with Gasteiger partial charge in [-0.05, 0) is 0 Å². The van der Waals surface area contributed by atoms with Crippen molar-refractivity contribution in [2.75, 3.05) is 19.3 Å². The Balaban J connectivity index is -0.000000264. The van der Waals surface area contributed by atoms with Crippen LogP contribution in [0.5, 0.6) is 0 Å². The molecule has 0 aliphatic heterocycles. The number of alkyl halides is 6. The lowest BCUT2D eigenvalue weighted by Crippen LogP contribution is -2.35. The molecule has 0 bridgehead atoms. The van der Waals surface area contributed by atoms with Crippen molar-refractivity contribution in [3.05, 3.63) is 0 Å². The van der Waals surface area contributed by atoms with E-state index in [-0.39, 0.29) is 13.1 Å². The predicted octanol–water partition coefficient (Wildman–Crippen LogP) is -0.416. The van der Waals surface area contributed by atoms with Gasteiger partial charge in [-0.1, -0.05) is 0 Å². The van der Waals surface area contributed by atoms with Crippen LogP contribution < -0.4 is 11.5 Å². The van der Waals surface area contributed by atoms with Gasteiger partial charge in [-0.15, -0.1) is 0 Å². The van der Waals surface area contributed by atoms with E-state index in [9.17, 15) is 34.8 Å². The molecule has 0 saturated carbocycles. The van der Waals surface area contributed by atoms with Crippen molar-refractivity contribution in [1.29, 1.82) is 0 Å². The molecule has 0 radical (unpaired) electrons. The van der Waals surface area contributed by atoms with E-state index in [4.69, 9.17) is 31.3 Å². The summed E-state index contributed by atoms with van der Waals surface area (Å²) in [6.07, 6.45) is -9.03. The first-order chi connectivity index (χ1) is 9.91. The Morgan fingerprint density at radius 3 is 1.09 bits per heavy atom. The van der Waals surface area contributed by atoms with Gasteiger partial charge in [-0.25, -0.2) is 18.0 Å². The van der Waals surface area contributed by atoms with Gasteiger partial charge in [0, 0.05) is 19.3 Å². The van der Waals surface area contributed by atoms with Crippen LogP contribution in [-0.2, 0) is 19.4 Å². The first-order valence-corrected chi connectivity index (χ1v) is 7.05. The molecule has 15 heteroatoms. The zero-order chi connectivity index (χ0) is 19.6. The molecule has 0 aromatic carbocycles. The summed E-state index contributed by atoms with van der Waals surface area (Å²) >= 11 is 0. The average Bonchev–Trinajstić information content (AvgIpc) is 2.27. The molecule has 0 atom stereocenters. The minimum atomic E-state index is -5.08. The van der Waals surface area contributed by atoms with Crippen LogP contribution in [-0.4, -0.2) is 67.5 Å². The third-order valence-electron chi connectivity index (χ3n) is 1.62. The maximum Gasteiger partial charge on any atom is 0.490 e. The minimum Gasteiger partial charge on any atom is -0.475 e. The Labute approximate surface area is 126 Å². The first kappa shape index (κ1) is 26.3. The Hall–Kier alpha value is -1.61. The van der Waals surface area contributed by atoms with E-state index >= 15 is 0 Å². The lowest BCUT2D eigenvalue weighted by atomic mass is 10.4. The van der Waals surface area contributed by atoms with Crippen molar-refractivity contribution in [2.45, 2.75) is 17.6 Å². The highest BCUT2D eigenvalue weighted by atomic mass is 32.2. The molecular weight excluding hydrogens is 366 g/mol. The minimum absolute atomic E-state index is 0.106. The van der Waals surface area contributed by atoms with Crippen LogP contribution in [0.15, 0.2) is 0 Å². The third-order valence-corrected chi connectivity index (χ3v) is 3.21. The highest BCUT2D eigenvalue weighted by Crippen LogP contribution is 2.13. The molecule has 6 N–H and O–H groups in total. The van der Waals surface area contributed by atoms with Gasteiger partial charge in [0.25, 0.3) is 0 Å². The Morgan fingerprint density at radius 2 is 1.09 bits per heavy atom. The second kappa shape index (κ2) is 10.2. The zero-order valence-electron chi connectivity index (χ0n) is 11.3. The number of hydrogen-bond acceptors (Lipinski definition) is 6. The number of nitrogens with two attached hydrogens (primary N) is 2. The lowest BCUT2D eigenvalue weighted by Gasteiger charge is -2.07. The quantitative estimate of drug-likeness (QED) is 0.480. The maximum atomic E-state index is 10.6. The normalized spacial score (nSPS) is 11.7. The molecule has 140 valence electrons. The summed E-state index contributed by atoms with van der Waals surface area (Å²) in [5, 5.41) is 13.7. The highest BCUT2D eigenvalue weighted by Gasteiger charge is 2.38. The van der Waals surface area contributed by atoms with E-state index in [1.54, 1.807) is 0 Å². The Kier molecular flexibility index (Phi) is 11.7. The van der Waals surface area contributed by atoms with E-state index in [1.165, 1.54) is 0 Å². The fourth-order valence-electron chi connectivity index (χ4n) is 0.446. The van der Waals surface area contributed by atoms with Crippen LogP contribution in [0.3, 0.4) is 0 Å². The summed E-state index contributed by atoms with van der Waals surface area (Å²) in [4.78, 5) is 17.8. The van der Waals surface area contributed by atoms with Crippen molar-refractivity contribution < 1.29 is 54.6 Å². The number of carboxylic acid groups (broad SMARTS) is 2. The Morgan fingerprint density at radius 1 is 0.913 bits per heavy atom. The molecular formula is C8H14F6N2O6S. The monoisotopic (exact) mass is 380 g/mol. The van der Waals surface area contributed by atoms with E-state index in [2.05, 4.69) is 0 Å². The van der Waals surface area contributed by atoms with Crippen LogP contribution in [0.25, 0.3) is 0 Å². The van der Waals surface area contributed by atoms with Crippen molar-refractivity contribution in [3.8, 4) is 0 Å². The van der Waals surface area contributed by atoms with E-state index < -0.39 is 39.4 Å². The molecule has 8 nitrogen and oxygen atoms in total. The predicted molar refractivity (Wildman–Crippen MR) is 64.1 cm³/mol. The molecule has 0 rings (SSSR count). The van der Waals surface area contributed by atoms with Crippen LogP contribution >= 0.6 is 0 Å². The number of aliphatic carboxylic acids is 2. The summed E-state index contributed by atoms with van der Waals surface area (Å²) in [5.41, 5.74) is 10.2. The second-order valence-corrected chi connectivity index (χ2v) is 5.85. The van der Waals surface area contributed by atoms with E-state index in [0.717, 1.165) is 6.26 Å². The van der Waals surface area contributed by atoms with Crippen molar-refractivity contribution >= 4 is 21.8 Å². The summed E-state index contributed by atoms with van der Waals surface area (Å²) in [5.74, 6) is -5.51.